The van der Waals surface area contributed by atoms with Crippen LogP contribution in [0.3, 0.4) is 0 Å². The summed E-state index contributed by atoms with van der Waals surface area (Å²) in [5, 5.41) is 0. The number of nitrogens with zero attached hydrogens (tertiary/aromatic N) is 2. The van der Waals surface area contributed by atoms with E-state index < -0.39 is 0 Å². The highest BCUT2D eigenvalue weighted by Gasteiger charge is 2.20. The SMILES string of the molecule is CN(CCCN1CCCC1=O)C(C)(C)C. The molecule has 0 aromatic rings. The first-order chi connectivity index (χ1) is 6.91. The molecule has 0 spiro atoms. The molecule has 0 atom stereocenters. The van der Waals surface area contributed by atoms with Gasteiger partial charge < -0.3 is 9.80 Å². The van der Waals surface area contributed by atoms with Gasteiger partial charge in [0.1, 0.15) is 0 Å². The Hall–Kier alpha value is -0.570. The third kappa shape index (κ3) is 3.82. The zero-order valence-corrected chi connectivity index (χ0v) is 10.5. The molecule has 1 heterocycles. The summed E-state index contributed by atoms with van der Waals surface area (Å²) >= 11 is 0. The lowest BCUT2D eigenvalue weighted by atomic mass is 10.1. The van der Waals surface area contributed by atoms with Crippen molar-refractivity contribution in [3.8, 4) is 0 Å². The fourth-order valence-electron chi connectivity index (χ4n) is 1.77. The first-order valence-electron chi connectivity index (χ1n) is 5.90. The molecule has 88 valence electrons. The van der Waals surface area contributed by atoms with Gasteiger partial charge in [-0.05, 0) is 40.7 Å². The maximum absolute atomic E-state index is 11.4. The minimum Gasteiger partial charge on any atom is -0.343 e. The van der Waals surface area contributed by atoms with Crippen LogP contribution in [0.4, 0.5) is 0 Å². The van der Waals surface area contributed by atoms with E-state index in [1.54, 1.807) is 0 Å². The van der Waals surface area contributed by atoms with Gasteiger partial charge in [0.25, 0.3) is 0 Å². The second-order valence-electron chi connectivity index (χ2n) is 5.43. The molecular formula is C12H24N2O. The van der Waals surface area contributed by atoms with Gasteiger partial charge in [-0.2, -0.15) is 0 Å². The van der Waals surface area contributed by atoms with Crippen LogP contribution >= 0.6 is 0 Å². The zero-order chi connectivity index (χ0) is 11.5. The van der Waals surface area contributed by atoms with Gasteiger partial charge in [0.15, 0.2) is 0 Å². The van der Waals surface area contributed by atoms with Gasteiger partial charge in [-0.25, -0.2) is 0 Å². The number of likely N-dealkylation sites (tertiary alicyclic amines) is 1. The van der Waals surface area contributed by atoms with Gasteiger partial charge >= 0.3 is 0 Å². The lowest BCUT2D eigenvalue weighted by Gasteiger charge is -2.32. The molecule has 0 radical (unpaired) electrons. The molecule has 1 amide bonds. The first kappa shape index (κ1) is 12.5. The molecule has 1 aliphatic heterocycles. The number of hydrogen-bond acceptors (Lipinski definition) is 2. The zero-order valence-electron chi connectivity index (χ0n) is 10.5. The van der Waals surface area contributed by atoms with E-state index in [4.69, 9.17) is 0 Å². The number of carbonyl (C=O) groups excluding carboxylic acids is 1. The number of amides is 1. The minimum atomic E-state index is 0.231. The second kappa shape index (κ2) is 4.97. The fraction of sp³-hybridized carbons (Fsp3) is 0.917. The summed E-state index contributed by atoms with van der Waals surface area (Å²) in [7, 11) is 2.14. The molecule has 0 aromatic heterocycles. The van der Waals surface area contributed by atoms with Crippen LogP contribution < -0.4 is 0 Å². The monoisotopic (exact) mass is 212 g/mol. The van der Waals surface area contributed by atoms with Crippen LogP contribution in [-0.4, -0.2) is 47.9 Å². The van der Waals surface area contributed by atoms with Gasteiger partial charge in [-0.1, -0.05) is 0 Å². The maximum atomic E-state index is 11.4. The molecule has 3 heteroatoms. The van der Waals surface area contributed by atoms with Crippen LogP contribution in [0.15, 0.2) is 0 Å². The van der Waals surface area contributed by atoms with E-state index in [0.717, 1.165) is 38.9 Å². The Balaban J connectivity index is 2.19. The summed E-state index contributed by atoms with van der Waals surface area (Å²) < 4.78 is 0. The molecular weight excluding hydrogens is 188 g/mol. The topological polar surface area (TPSA) is 23.6 Å². The van der Waals surface area contributed by atoms with Crippen molar-refractivity contribution in [2.45, 2.75) is 45.6 Å². The Morgan fingerprint density at radius 1 is 1.40 bits per heavy atom. The Kier molecular flexibility index (Phi) is 4.14. The van der Waals surface area contributed by atoms with Crippen LogP contribution in [0.1, 0.15) is 40.0 Å². The summed E-state index contributed by atoms with van der Waals surface area (Å²) in [6.07, 6.45) is 2.89. The van der Waals surface area contributed by atoms with Crippen molar-refractivity contribution in [2.75, 3.05) is 26.7 Å². The van der Waals surface area contributed by atoms with Crippen molar-refractivity contribution in [1.82, 2.24) is 9.80 Å². The van der Waals surface area contributed by atoms with Gasteiger partial charge in [0.2, 0.25) is 5.91 Å². The molecule has 0 N–H and O–H groups in total. The first-order valence-corrected chi connectivity index (χ1v) is 5.90. The molecule has 0 bridgehead atoms. The van der Waals surface area contributed by atoms with Crippen molar-refractivity contribution in [1.29, 1.82) is 0 Å². The number of carbonyl (C=O) groups is 1. The highest BCUT2D eigenvalue weighted by atomic mass is 16.2. The summed E-state index contributed by atoms with van der Waals surface area (Å²) in [5.41, 5.74) is 0.231. The maximum Gasteiger partial charge on any atom is 0.222 e. The molecule has 1 fully saturated rings. The van der Waals surface area contributed by atoms with Gasteiger partial charge in [-0.3, -0.25) is 4.79 Å². The van der Waals surface area contributed by atoms with E-state index in [0.29, 0.717) is 5.91 Å². The molecule has 3 nitrogen and oxygen atoms in total. The van der Waals surface area contributed by atoms with Crippen LogP contribution in [0, 0.1) is 0 Å². The third-order valence-corrected chi connectivity index (χ3v) is 3.24. The number of rotatable bonds is 4. The highest BCUT2D eigenvalue weighted by Crippen LogP contribution is 2.13. The van der Waals surface area contributed by atoms with Gasteiger partial charge in [0, 0.05) is 31.6 Å². The van der Waals surface area contributed by atoms with Gasteiger partial charge in [0.05, 0.1) is 0 Å². The lowest BCUT2D eigenvalue weighted by molar-refractivity contribution is -0.127. The smallest absolute Gasteiger partial charge is 0.222 e. The normalized spacial score (nSPS) is 17.9. The molecule has 0 saturated carbocycles. The molecule has 1 aliphatic rings. The largest absolute Gasteiger partial charge is 0.343 e. The fourth-order valence-corrected chi connectivity index (χ4v) is 1.77. The van der Waals surface area contributed by atoms with E-state index in [2.05, 4.69) is 32.7 Å². The molecule has 0 aromatic carbocycles. The van der Waals surface area contributed by atoms with Crippen LogP contribution in [0.5, 0.6) is 0 Å². The third-order valence-electron chi connectivity index (χ3n) is 3.24. The minimum absolute atomic E-state index is 0.231. The van der Waals surface area contributed by atoms with Crippen molar-refractivity contribution < 1.29 is 4.79 Å². The predicted octanol–water partition coefficient (Wildman–Crippen LogP) is 1.73. The van der Waals surface area contributed by atoms with Crippen molar-refractivity contribution in [2.24, 2.45) is 0 Å². The summed E-state index contributed by atoms with van der Waals surface area (Å²) in [6, 6.07) is 0. The molecule has 1 saturated heterocycles. The van der Waals surface area contributed by atoms with Crippen LogP contribution in [0.25, 0.3) is 0 Å². The molecule has 15 heavy (non-hydrogen) atoms. The Morgan fingerprint density at radius 3 is 2.53 bits per heavy atom. The van der Waals surface area contributed by atoms with E-state index in [-0.39, 0.29) is 5.54 Å². The predicted molar refractivity (Wildman–Crippen MR) is 62.8 cm³/mol. The Morgan fingerprint density at radius 2 is 2.07 bits per heavy atom. The quantitative estimate of drug-likeness (QED) is 0.708. The van der Waals surface area contributed by atoms with E-state index >= 15 is 0 Å². The van der Waals surface area contributed by atoms with E-state index in [1.165, 1.54) is 0 Å². The highest BCUT2D eigenvalue weighted by molar-refractivity contribution is 5.77. The van der Waals surface area contributed by atoms with Crippen molar-refractivity contribution >= 4 is 5.91 Å². The molecule has 1 rings (SSSR count). The second-order valence-corrected chi connectivity index (χ2v) is 5.43. The van der Waals surface area contributed by atoms with Crippen LogP contribution in [0.2, 0.25) is 0 Å². The van der Waals surface area contributed by atoms with E-state index in [1.807, 2.05) is 4.90 Å². The molecule has 0 aliphatic carbocycles. The Bertz CT molecular complexity index is 220. The average Bonchev–Trinajstić information content (AvgIpc) is 2.50. The summed E-state index contributed by atoms with van der Waals surface area (Å²) in [6.45, 7) is 9.61. The number of hydrogen-bond donors (Lipinski definition) is 0. The summed E-state index contributed by atoms with van der Waals surface area (Å²) in [5.74, 6) is 0.341. The Labute approximate surface area is 93.4 Å². The standard InChI is InChI=1S/C12H24N2O/c1-12(2,3)13(4)8-6-10-14-9-5-7-11(14)15/h5-10H2,1-4H3. The summed E-state index contributed by atoms with van der Waals surface area (Å²) in [4.78, 5) is 15.7. The van der Waals surface area contributed by atoms with Crippen LogP contribution in [-0.2, 0) is 4.79 Å². The van der Waals surface area contributed by atoms with Crippen molar-refractivity contribution in [3.05, 3.63) is 0 Å². The van der Waals surface area contributed by atoms with Crippen molar-refractivity contribution in [3.63, 3.8) is 0 Å². The lowest BCUT2D eigenvalue weighted by Crippen LogP contribution is -2.39. The van der Waals surface area contributed by atoms with Gasteiger partial charge in [-0.15, -0.1) is 0 Å². The average molecular weight is 212 g/mol. The van der Waals surface area contributed by atoms with E-state index in [9.17, 15) is 4.79 Å². The molecule has 0 unspecified atom stereocenters.